The maximum absolute atomic E-state index is 14.2. The fourth-order valence-corrected chi connectivity index (χ4v) is 4.93. The zero-order valence-corrected chi connectivity index (χ0v) is 17.8. The molecule has 0 unspecified atom stereocenters. The molecule has 0 spiro atoms. The summed E-state index contributed by atoms with van der Waals surface area (Å²) in [6.07, 6.45) is -4.93. The van der Waals surface area contributed by atoms with Crippen LogP contribution in [0.2, 0.25) is 0 Å². The molecule has 0 saturated carbocycles. The molecule has 1 saturated heterocycles. The second-order valence-electron chi connectivity index (χ2n) is 8.50. The van der Waals surface area contributed by atoms with Crippen molar-refractivity contribution in [3.05, 3.63) is 29.3 Å². The van der Waals surface area contributed by atoms with Crippen molar-refractivity contribution in [3.8, 4) is 17.0 Å². The Bertz CT molecular complexity index is 1020. The van der Waals surface area contributed by atoms with Gasteiger partial charge in [-0.15, -0.1) is 10.2 Å². The van der Waals surface area contributed by atoms with Gasteiger partial charge >= 0.3 is 6.18 Å². The van der Waals surface area contributed by atoms with Gasteiger partial charge in [0.1, 0.15) is 23.3 Å². The number of likely N-dealkylation sites (N-methyl/N-ethyl adjacent to an activating group) is 1. The Hall–Kier alpha value is -2.66. The Morgan fingerprint density at radius 3 is 2.69 bits per heavy atom. The predicted molar refractivity (Wildman–Crippen MR) is 111 cm³/mol. The monoisotopic (exact) mass is 452 g/mol. The quantitative estimate of drug-likeness (QED) is 0.719. The van der Waals surface area contributed by atoms with E-state index in [9.17, 15) is 17.6 Å². The molecule has 0 aliphatic carbocycles. The van der Waals surface area contributed by atoms with Gasteiger partial charge in [0, 0.05) is 49.8 Å². The average Bonchev–Trinajstić information content (AvgIpc) is 3.18. The van der Waals surface area contributed by atoms with Crippen LogP contribution in [0, 0.1) is 0 Å². The smallest absolute Gasteiger partial charge is 0.416 e. The second kappa shape index (κ2) is 7.73. The average molecular weight is 452 g/mol. The lowest BCUT2D eigenvalue weighted by Gasteiger charge is -2.43. The fourth-order valence-electron chi connectivity index (χ4n) is 4.93. The number of anilines is 2. The molecule has 5 rings (SSSR count). The van der Waals surface area contributed by atoms with E-state index < -0.39 is 17.9 Å². The minimum absolute atomic E-state index is 0.0173. The number of hydrazine groups is 1. The number of piperidine rings is 1. The summed E-state index contributed by atoms with van der Waals surface area (Å²) in [4.78, 5) is 4.10. The zero-order chi connectivity index (χ0) is 22.6. The van der Waals surface area contributed by atoms with Crippen LogP contribution in [-0.4, -0.2) is 67.6 Å². The number of alkyl halides is 4. The van der Waals surface area contributed by atoms with E-state index in [1.165, 1.54) is 13.2 Å². The van der Waals surface area contributed by atoms with Crippen LogP contribution in [0.15, 0.2) is 18.2 Å². The summed E-state index contributed by atoms with van der Waals surface area (Å²) in [5, 5.41) is 10.9. The maximum atomic E-state index is 14.2. The molecule has 2 atom stereocenters. The van der Waals surface area contributed by atoms with Gasteiger partial charge in [0.15, 0.2) is 5.82 Å². The fraction of sp³-hybridized carbons (Fsp3) is 0.524. The van der Waals surface area contributed by atoms with Crippen LogP contribution < -0.4 is 20.1 Å². The predicted octanol–water partition coefficient (Wildman–Crippen LogP) is 2.86. The third-order valence-corrected chi connectivity index (χ3v) is 6.37. The lowest BCUT2D eigenvalue weighted by atomic mass is 9.99. The van der Waals surface area contributed by atoms with Gasteiger partial charge in [-0.3, -0.25) is 0 Å². The molecule has 11 heteroatoms. The summed E-state index contributed by atoms with van der Waals surface area (Å²) < 4.78 is 59.0. The largest absolute Gasteiger partial charge is 0.496 e. The lowest BCUT2D eigenvalue weighted by Crippen LogP contribution is -2.55. The van der Waals surface area contributed by atoms with E-state index in [1.807, 2.05) is 17.0 Å². The number of benzene rings is 1. The number of methoxy groups -OCH3 is 1. The lowest BCUT2D eigenvalue weighted by molar-refractivity contribution is -0.137. The van der Waals surface area contributed by atoms with Crippen molar-refractivity contribution in [3.63, 3.8) is 0 Å². The molecule has 32 heavy (non-hydrogen) atoms. The van der Waals surface area contributed by atoms with Gasteiger partial charge in [-0.05, 0) is 25.2 Å². The molecule has 1 aromatic carbocycles. The molecular weight excluding hydrogens is 428 g/mol. The van der Waals surface area contributed by atoms with Gasteiger partial charge < -0.3 is 19.5 Å². The molecule has 2 aromatic rings. The standard InChI is InChI=1S/C21H24F4N6O/c1-29-10-13(22)8-14(11-29)30-5-6-31-19-16(9-26-31)18(27-28-20(19)30)15-4-3-12(21(23,24)25)7-17(15)32-2/h3-4,7,13-14,26H,5-6,8-11H2,1-2H3/t13-,14-/m1/s1. The highest BCUT2D eigenvalue weighted by molar-refractivity contribution is 5.83. The third-order valence-electron chi connectivity index (χ3n) is 6.37. The minimum atomic E-state index is -4.47. The molecular formula is C21H24F4N6O. The number of halogens is 4. The van der Waals surface area contributed by atoms with Gasteiger partial charge in [0.2, 0.25) is 0 Å². The molecule has 0 bridgehead atoms. The topological polar surface area (TPSA) is 56.8 Å². The summed E-state index contributed by atoms with van der Waals surface area (Å²) in [6, 6.07) is 3.37. The van der Waals surface area contributed by atoms with E-state index in [0.717, 1.165) is 29.9 Å². The number of hydrogen-bond acceptors (Lipinski definition) is 7. The van der Waals surface area contributed by atoms with Crippen LogP contribution in [0.5, 0.6) is 5.75 Å². The van der Waals surface area contributed by atoms with Crippen LogP contribution in [0.4, 0.5) is 29.1 Å². The van der Waals surface area contributed by atoms with Gasteiger partial charge in [-0.1, -0.05) is 0 Å². The summed E-state index contributed by atoms with van der Waals surface area (Å²) in [6.45, 7) is 3.00. The first-order valence-corrected chi connectivity index (χ1v) is 10.5. The molecule has 3 aliphatic heterocycles. The van der Waals surface area contributed by atoms with E-state index in [1.54, 1.807) is 0 Å². The Labute approximate surface area is 182 Å². The van der Waals surface area contributed by atoms with E-state index in [0.29, 0.717) is 49.7 Å². The van der Waals surface area contributed by atoms with Crippen molar-refractivity contribution in [2.24, 2.45) is 0 Å². The van der Waals surface area contributed by atoms with Crippen molar-refractivity contribution >= 4 is 11.5 Å². The minimum Gasteiger partial charge on any atom is -0.496 e. The SMILES string of the molecule is COc1cc(C(F)(F)F)ccc1-c1nnc2c3c1CNN3CCN2[C@@H]1C[C@@H](F)CN(C)C1. The van der Waals surface area contributed by atoms with Crippen LogP contribution in [0.1, 0.15) is 17.5 Å². The molecule has 7 nitrogen and oxygen atoms in total. The van der Waals surface area contributed by atoms with E-state index in [2.05, 4.69) is 20.5 Å². The molecule has 1 fully saturated rings. The number of aromatic nitrogens is 2. The summed E-state index contributed by atoms with van der Waals surface area (Å²) in [5.74, 6) is 0.768. The highest BCUT2D eigenvalue weighted by atomic mass is 19.4. The van der Waals surface area contributed by atoms with Crippen molar-refractivity contribution < 1.29 is 22.3 Å². The van der Waals surface area contributed by atoms with E-state index in [4.69, 9.17) is 4.74 Å². The maximum Gasteiger partial charge on any atom is 0.416 e. The summed E-state index contributed by atoms with van der Waals surface area (Å²) in [5.41, 5.74) is 5.16. The van der Waals surface area contributed by atoms with Crippen LogP contribution in [-0.2, 0) is 12.7 Å². The number of likely N-dealkylation sites (tertiary alicyclic amines) is 1. The first-order valence-electron chi connectivity index (χ1n) is 10.5. The van der Waals surface area contributed by atoms with Crippen molar-refractivity contribution in [1.29, 1.82) is 0 Å². The Kier molecular flexibility index (Phi) is 5.12. The Morgan fingerprint density at radius 1 is 1.16 bits per heavy atom. The van der Waals surface area contributed by atoms with Crippen LogP contribution in [0.25, 0.3) is 11.3 Å². The summed E-state index contributed by atoms with van der Waals surface area (Å²) in [7, 11) is 3.25. The normalized spacial score (nSPS) is 23.4. The van der Waals surface area contributed by atoms with Gasteiger partial charge in [-0.25, -0.2) is 9.82 Å². The Morgan fingerprint density at radius 2 is 1.97 bits per heavy atom. The molecule has 3 aliphatic rings. The summed E-state index contributed by atoms with van der Waals surface area (Å²) >= 11 is 0. The first-order chi connectivity index (χ1) is 15.3. The number of ether oxygens (including phenoxy) is 1. The van der Waals surface area contributed by atoms with E-state index in [-0.39, 0.29) is 11.8 Å². The molecule has 4 heterocycles. The number of nitrogens with zero attached hydrogens (tertiary/aromatic N) is 5. The second-order valence-corrected chi connectivity index (χ2v) is 8.50. The van der Waals surface area contributed by atoms with Crippen LogP contribution in [0.3, 0.4) is 0 Å². The van der Waals surface area contributed by atoms with Gasteiger partial charge in [-0.2, -0.15) is 13.2 Å². The van der Waals surface area contributed by atoms with Gasteiger partial charge in [0.25, 0.3) is 0 Å². The third kappa shape index (κ3) is 3.53. The molecule has 172 valence electrons. The number of nitrogens with one attached hydrogen (secondary N) is 1. The molecule has 0 amide bonds. The number of hydrogen-bond donors (Lipinski definition) is 1. The highest BCUT2D eigenvalue weighted by Gasteiger charge is 2.39. The van der Waals surface area contributed by atoms with Crippen molar-refractivity contribution in [2.45, 2.75) is 31.4 Å². The van der Waals surface area contributed by atoms with E-state index >= 15 is 0 Å². The molecule has 1 aromatic heterocycles. The van der Waals surface area contributed by atoms with Crippen molar-refractivity contribution in [2.75, 3.05) is 50.2 Å². The molecule has 1 N–H and O–H groups in total. The highest BCUT2D eigenvalue weighted by Crippen LogP contribution is 2.44. The Balaban J connectivity index is 1.56. The first kappa shape index (κ1) is 21.2. The van der Waals surface area contributed by atoms with Crippen LogP contribution >= 0.6 is 0 Å². The molecule has 0 radical (unpaired) electrons. The number of rotatable bonds is 3. The van der Waals surface area contributed by atoms with Crippen molar-refractivity contribution in [1.82, 2.24) is 20.5 Å². The zero-order valence-electron chi connectivity index (χ0n) is 17.8. The van der Waals surface area contributed by atoms with Gasteiger partial charge in [0.05, 0.1) is 19.2 Å².